The second kappa shape index (κ2) is 14.7. The van der Waals surface area contributed by atoms with Gasteiger partial charge in [-0.3, -0.25) is 24.1 Å². The molecule has 230 valence electrons. The van der Waals surface area contributed by atoms with E-state index in [0.717, 1.165) is 11.1 Å². The number of morpholine rings is 1. The second-order valence-electron chi connectivity index (χ2n) is 11.1. The first-order valence-electron chi connectivity index (χ1n) is 14.4. The van der Waals surface area contributed by atoms with Crippen molar-refractivity contribution in [3.63, 3.8) is 0 Å². The fourth-order valence-corrected chi connectivity index (χ4v) is 4.93. The van der Waals surface area contributed by atoms with Crippen LogP contribution in [-0.4, -0.2) is 112 Å². The molecule has 3 aliphatic rings. The number of ether oxygens (including phenoxy) is 4. The van der Waals surface area contributed by atoms with E-state index in [-0.39, 0.29) is 24.7 Å². The Hall–Kier alpha value is -3.32. The van der Waals surface area contributed by atoms with E-state index < -0.39 is 35.5 Å². The van der Waals surface area contributed by atoms with E-state index in [0.29, 0.717) is 64.7 Å². The molecular formula is C30H42N4O8. The van der Waals surface area contributed by atoms with Crippen molar-refractivity contribution in [1.29, 1.82) is 0 Å². The van der Waals surface area contributed by atoms with Crippen LogP contribution in [0.3, 0.4) is 0 Å². The van der Waals surface area contributed by atoms with Crippen LogP contribution >= 0.6 is 0 Å². The summed E-state index contributed by atoms with van der Waals surface area (Å²) in [5.74, 6) is -0.841. The lowest BCUT2D eigenvalue weighted by Crippen LogP contribution is -2.57. The van der Waals surface area contributed by atoms with Crippen molar-refractivity contribution in [2.45, 2.75) is 56.8 Å². The number of Topliss-reactive ketones (excluding diaryl/α,β-unsaturated/α-hetero) is 1. The van der Waals surface area contributed by atoms with E-state index in [1.54, 1.807) is 33.1 Å². The number of amides is 3. The van der Waals surface area contributed by atoms with Gasteiger partial charge in [0.25, 0.3) is 0 Å². The van der Waals surface area contributed by atoms with Gasteiger partial charge in [-0.1, -0.05) is 23.8 Å². The Morgan fingerprint density at radius 3 is 2.26 bits per heavy atom. The van der Waals surface area contributed by atoms with Crippen LogP contribution in [-0.2, 0) is 39.8 Å². The van der Waals surface area contributed by atoms with Crippen LogP contribution in [0.1, 0.15) is 32.3 Å². The van der Waals surface area contributed by atoms with Gasteiger partial charge >= 0.3 is 0 Å². The number of carbonyl (C=O) groups is 4. The van der Waals surface area contributed by atoms with E-state index in [1.165, 1.54) is 0 Å². The van der Waals surface area contributed by atoms with E-state index in [9.17, 15) is 19.2 Å². The normalized spacial score (nSPS) is 22.6. The lowest BCUT2D eigenvalue weighted by Gasteiger charge is -2.27. The molecule has 0 aliphatic carbocycles. The van der Waals surface area contributed by atoms with E-state index in [1.807, 2.05) is 23.1 Å². The van der Waals surface area contributed by atoms with E-state index in [2.05, 4.69) is 16.0 Å². The zero-order valence-electron chi connectivity index (χ0n) is 24.6. The summed E-state index contributed by atoms with van der Waals surface area (Å²) in [4.78, 5) is 54.8. The molecule has 12 nitrogen and oxygen atoms in total. The summed E-state index contributed by atoms with van der Waals surface area (Å²) in [7, 11) is 1.56. The zero-order chi connectivity index (χ0) is 30.1. The number of rotatable bonds is 14. The van der Waals surface area contributed by atoms with Crippen molar-refractivity contribution >= 4 is 23.5 Å². The van der Waals surface area contributed by atoms with Crippen molar-refractivity contribution in [2.75, 3.05) is 59.8 Å². The maximum Gasteiger partial charge on any atom is 0.243 e. The highest BCUT2D eigenvalue weighted by Gasteiger charge is 2.50. The molecule has 3 amide bonds. The van der Waals surface area contributed by atoms with Gasteiger partial charge in [-0.15, -0.1) is 0 Å². The van der Waals surface area contributed by atoms with Crippen LogP contribution in [0.25, 0.3) is 0 Å². The highest BCUT2D eigenvalue weighted by molar-refractivity contribution is 5.98. The Bertz CT molecular complexity index is 1140. The predicted octanol–water partition coefficient (Wildman–Crippen LogP) is 0.139. The molecule has 4 unspecified atom stereocenters. The minimum absolute atomic E-state index is 0.155. The Balaban J connectivity index is 1.45. The van der Waals surface area contributed by atoms with Gasteiger partial charge in [0.15, 0.2) is 5.78 Å². The van der Waals surface area contributed by atoms with Gasteiger partial charge in [0, 0.05) is 19.5 Å². The number of nitrogens with one attached hydrogen (secondary N) is 3. The lowest BCUT2D eigenvalue weighted by molar-refractivity contribution is -0.134. The van der Waals surface area contributed by atoms with Crippen molar-refractivity contribution in [1.82, 2.24) is 20.9 Å². The summed E-state index contributed by atoms with van der Waals surface area (Å²) in [6.07, 6.45) is 3.11. The van der Waals surface area contributed by atoms with Gasteiger partial charge in [-0.25, -0.2) is 0 Å². The Morgan fingerprint density at radius 1 is 0.952 bits per heavy atom. The number of benzene rings is 1. The first-order chi connectivity index (χ1) is 20.2. The third kappa shape index (κ3) is 9.09. The third-order valence-corrected chi connectivity index (χ3v) is 7.73. The minimum atomic E-state index is -1.00. The van der Waals surface area contributed by atoms with E-state index >= 15 is 0 Å². The number of epoxide rings is 1. The van der Waals surface area contributed by atoms with Crippen LogP contribution in [0.2, 0.25) is 0 Å². The maximum absolute atomic E-state index is 13.7. The third-order valence-electron chi connectivity index (χ3n) is 7.73. The first kappa shape index (κ1) is 31.6. The fourth-order valence-electron chi connectivity index (χ4n) is 4.93. The van der Waals surface area contributed by atoms with Crippen LogP contribution < -0.4 is 20.7 Å². The summed E-state index contributed by atoms with van der Waals surface area (Å²) in [5.41, 5.74) is 0.877. The molecule has 12 heteroatoms. The molecule has 42 heavy (non-hydrogen) atoms. The number of nitrogens with zero attached hydrogens (tertiary/aromatic N) is 1. The van der Waals surface area contributed by atoms with Crippen LogP contribution in [0.15, 0.2) is 35.9 Å². The molecule has 1 aromatic carbocycles. The molecule has 0 radical (unpaired) electrons. The van der Waals surface area contributed by atoms with Crippen molar-refractivity contribution in [3.8, 4) is 5.75 Å². The molecule has 2 fully saturated rings. The maximum atomic E-state index is 13.7. The summed E-state index contributed by atoms with van der Waals surface area (Å²) >= 11 is 0. The van der Waals surface area contributed by atoms with Crippen molar-refractivity contribution < 1.29 is 38.1 Å². The Kier molecular flexibility index (Phi) is 11.1. The molecule has 3 aliphatic heterocycles. The average Bonchev–Trinajstić information content (AvgIpc) is 3.75. The zero-order valence-corrected chi connectivity index (χ0v) is 24.6. The van der Waals surface area contributed by atoms with Gasteiger partial charge in [0.2, 0.25) is 17.7 Å². The molecule has 0 spiro atoms. The Morgan fingerprint density at radius 2 is 1.64 bits per heavy atom. The number of ketones is 1. The van der Waals surface area contributed by atoms with E-state index in [4.69, 9.17) is 18.9 Å². The smallest absolute Gasteiger partial charge is 0.243 e. The molecule has 0 bridgehead atoms. The highest BCUT2D eigenvalue weighted by atomic mass is 16.6. The molecule has 4 rings (SSSR count). The molecular weight excluding hydrogens is 544 g/mol. The number of methoxy groups -OCH3 is 1. The second-order valence-corrected chi connectivity index (χ2v) is 11.1. The standard InChI is InChI=1S/C30H42N4O8/c1-20(31-26(35)18-34-10-14-41-15-11-34)28(37)33-25(17-21-4-6-23(39-3)7-5-21)29(38)32-24(27(36)30(2)19-42-30)16-22-8-12-40-13-9-22/h4-8,20,24-25H,9-19H2,1-3H3,(H,31,35)(H,32,38)(H,33,37). The first-order valence-corrected chi connectivity index (χ1v) is 14.4. The fraction of sp³-hybridized carbons (Fsp3) is 0.600. The molecule has 2 saturated heterocycles. The van der Waals surface area contributed by atoms with Crippen molar-refractivity contribution in [2.24, 2.45) is 0 Å². The molecule has 0 saturated carbocycles. The van der Waals surface area contributed by atoms with Gasteiger partial charge < -0.3 is 34.9 Å². The molecule has 0 aromatic heterocycles. The van der Waals surface area contributed by atoms with Crippen LogP contribution in [0, 0.1) is 0 Å². The van der Waals surface area contributed by atoms with Crippen LogP contribution in [0.5, 0.6) is 5.75 Å². The lowest BCUT2D eigenvalue weighted by atomic mass is 9.92. The number of hydrogen-bond donors (Lipinski definition) is 3. The van der Waals surface area contributed by atoms with Crippen LogP contribution in [0.4, 0.5) is 0 Å². The van der Waals surface area contributed by atoms with Gasteiger partial charge in [-0.2, -0.15) is 0 Å². The predicted molar refractivity (Wildman–Crippen MR) is 153 cm³/mol. The SMILES string of the molecule is COc1ccc(CC(NC(=O)C(C)NC(=O)CN2CCOCC2)C(=O)NC(CC2=CCOCC2)C(=O)C2(C)CO2)cc1. The summed E-state index contributed by atoms with van der Waals surface area (Å²) in [6, 6.07) is 4.46. The largest absolute Gasteiger partial charge is 0.497 e. The summed E-state index contributed by atoms with van der Waals surface area (Å²) in [6.45, 7) is 7.17. The van der Waals surface area contributed by atoms with Gasteiger partial charge in [0.1, 0.15) is 23.4 Å². The summed E-state index contributed by atoms with van der Waals surface area (Å²) in [5, 5.41) is 8.41. The van der Waals surface area contributed by atoms with Gasteiger partial charge in [0.05, 0.1) is 52.7 Å². The number of carbonyl (C=O) groups excluding carboxylic acids is 4. The molecule has 3 N–H and O–H groups in total. The summed E-state index contributed by atoms with van der Waals surface area (Å²) < 4.78 is 21.3. The van der Waals surface area contributed by atoms with Crippen molar-refractivity contribution in [3.05, 3.63) is 41.5 Å². The highest BCUT2D eigenvalue weighted by Crippen LogP contribution is 2.30. The monoisotopic (exact) mass is 586 g/mol. The quantitative estimate of drug-likeness (QED) is 0.205. The number of hydrogen-bond acceptors (Lipinski definition) is 9. The Labute approximate surface area is 246 Å². The molecule has 4 atom stereocenters. The topological polar surface area (TPSA) is 148 Å². The molecule has 3 heterocycles. The average molecular weight is 587 g/mol. The van der Waals surface area contributed by atoms with Gasteiger partial charge in [-0.05, 0) is 44.4 Å². The molecule has 1 aromatic rings. The minimum Gasteiger partial charge on any atom is -0.497 e.